The first-order chi connectivity index (χ1) is 18.9. The predicted octanol–water partition coefficient (Wildman–Crippen LogP) is 7.33. The number of fused-ring (bicyclic) bond motifs is 1. The number of rotatable bonds is 5. The topological polar surface area (TPSA) is 50.1 Å². The lowest BCUT2D eigenvalue weighted by molar-refractivity contribution is -0.143. The Morgan fingerprint density at radius 1 is 0.902 bits per heavy atom. The highest BCUT2D eigenvalue weighted by Gasteiger charge is 2.39. The number of hydrogen-bond donors (Lipinski definition) is 0. The molecule has 0 saturated heterocycles. The number of nitrogens with zero attached hydrogens (tertiary/aromatic N) is 6. The maximum Gasteiger partial charge on any atom is 0.416 e. The molecular weight excluding hydrogens is 567 g/mol. The van der Waals surface area contributed by atoms with Crippen LogP contribution < -0.4 is 9.80 Å². The monoisotopic (exact) mass is 594 g/mol. The van der Waals surface area contributed by atoms with Gasteiger partial charge in [-0.15, -0.1) is 5.10 Å². The van der Waals surface area contributed by atoms with E-state index in [0.29, 0.717) is 37.1 Å². The maximum absolute atomic E-state index is 13.9. The van der Waals surface area contributed by atoms with Crippen LogP contribution in [-0.2, 0) is 32.1 Å². The van der Waals surface area contributed by atoms with Crippen molar-refractivity contribution in [3.8, 4) is 0 Å². The molecule has 2 heterocycles. The van der Waals surface area contributed by atoms with E-state index in [-0.39, 0.29) is 34.9 Å². The van der Waals surface area contributed by atoms with Crippen LogP contribution in [0.4, 0.5) is 51.1 Å². The Morgan fingerprint density at radius 2 is 1.51 bits per heavy atom. The molecule has 3 aromatic rings. The van der Waals surface area contributed by atoms with Gasteiger partial charge in [-0.3, -0.25) is 0 Å². The quantitative estimate of drug-likeness (QED) is 0.290. The number of hydrogen-bond acceptors (Lipinski definition) is 5. The molecule has 6 nitrogen and oxygen atoms in total. The summed E-state index contributed by atoms with van der Waals surface area (Å²) in [6, 6.07) is 2.72. The number of tetrazole rings is 1. The van der Waals surface area contributed by atoms with E-state index in [1.165, 1.54) is 24.9 Å². The van der Waals surface area contributed by atoms with Crippen molar-refractivity contribution in [2.24, 2.45) is 7.05 Å². The zero-order chi connectivity index (χ0) is 30.5. The smallest absolute Gasteiger partial charge is 0.369 e. The summed E-state index contributed by atoms with van der Waals surface area (Å²) in [5, 5.41) is 11.9. The van der Waals surface area contributed by atoms with E-state index in [0.717, 1.165) is 10.9 Å². The van der Waals surface area contributed by atoms with Crippen molar-refractivity contribution in [3.05, 3.63) is 63.7 Å². The molecule has 224 valence electrons. The van der Waals surface area contributed by atoms with Crippen LogP contribution in [0.2, 0.25) is 0 Å². The van der Waals surface area contributed by atoms with Crippen LogP contribution in [0.3, 0.4) is 0 Å². The lowest BCUT2D eigenvalue weighted by Gasteiger charge is -2.34. The third kappa shape index (κ3) is 6.53. The second-order valence-electron chi connectivity index (χ2n) is 10.3. The molecular formula is C26H27F9N6. The van der Waals surface area contributed by atoms with Crippen LogP contribution in [0.5, 0.6) is 0 Å². The summed E-state index contributed by atoms with van der Waals surface area (Å²) in [7, 11) is 1.43. The number of aromatic nitrogens is 4. The molecule has 0 bridgehead atoms. The first-order valence-electron chi connectivity index (χ1n) is 12.6. The summed E-state index contributed by atoms with van der Waals surface area (Å²) >= 11 is 0. The van der Waals surface area contributed by atoms with Crippen molar-refractivity contribution >= 4 is 11.6 Å². The number of benzene rings is 2. The van der Waals surface area contributed by atoms with Gasteiger partial charge >= 0.3 is 18.5 Å². The van der Waals surface area contributed by atoms with E-state index in [1.54, 1.807) is 4.90 Å². The molecule has 0 fully saturated rings. The van der Waals surface area contributed by atoms with Crippen LogP contribution in [0.25, 0.3) is 0 Å². The fourth-order valence-corrected chi connectivity index (χ4v) is 5.15. The van der Waals surface area contributed by atoms with Crippen molar-refractivity contribution in [2.45, 2.75) is 70.8 Å². The van der Waals surface area contributed by atoms with Crippen LogP contribution in [-0.4, -0.2) is 32.8 Å². The Balaban J connectivity index is 1.92. The molecule has 0 N–H and O–H groups in total. The van der Waals surface area contributed by atoms with Crippen molar-refractivity contribution in [1.29, 1.82) is 0 Å². The van der Waals surface area contributed by atoms with Crippen LogP contribution >= 0.6 is 0 Å². The molecule has 4 rings (SSSR count). The predicted molar refractivity (Wildman–Crippen MR) is 132 cm³/mol. The average Bonchev–Trinajstić information content (AvgIpc) is 3.18. The van der Waals surface area contributed by atoms with E-state index in [4.69, 9.17) is 0 Å². The average molecular weight is 595 g/mol. The summed E-state index contributed by atoms with van der Waals surface area (Å²) in [5.74, 6) is -0.0926. The van der Waals surface area contributed by atoms with Gasteiger partial charge in [0.25, 0.3) is 5.95 Å². The van der Waals surface area contributed by atoms with Crippen molar-refractivity contribution < 1.29 is 39.5 Å². The summed E-state index contributed by atoms with van der Waals surface area (Å²) in [6.45, 7) is 4.83. The van der Waals surface area contributed by atoms with Crippen molar-refractivity contribution in [2.75, 3.05) is 16.3 Å². The first kappa shape index (κ1) is 30.4. The summed E-state index contributed by atoms with van der Waals surface area (Å²) < 4.78 is 123. The van der Waals surface area contributed by atoms with Gasteiger partial charge in [-0.2, -0.15) is 44.3 Å². The van der Waals surface area contributed by atoms with Crippen LogP contribution in [0, 0.1) is 6.92 Å². The van der Waals surface area contributed by atoms with E-state index in [2.05, 4.69) is 15.4 Å². The van der Waals surface area contributed by atoms with Gasteiger partial charge < -0.3 is 9.80 Å². The lowest BCUT2D eigenvalue weighted by atomic mass is 9.94. The Labute approximate surface area is 229 Å². The molecule has 15 heteroatoms. The normalized spacial score (nSPS) is 16.6. The zero-order valence-corrected chi connectivity index (χ0v) is 22.5. The van der Waals surface area contributed by atoms with Gasteiger partial charge in [-0.1, -0.05) is 11.2 Å². The summed E-state index contributed by atoms with van der Waals surface area (Å²) in [6.07, 6.45) is -14.0. The molecule has 1 unspecified atom stereocenters. The third-order valence-corrected chi connectivity index (χ3v) is 6.98. The van der Waals surface area contributed by atoms with Crippen molar-refractivity contribution in [3.63, 3.8) is 0 Å². The van der Waals surface area contributed by atoms with Gasteiger partial charge in [-0.25, -0.2) is 0 Å². The molecule has 1 aliphatic heterocycles. The minimum atomic E-state index is -5.05. The number of aryl methyl sites for hydroxylation is 2. The van der Waals surface area contributed by atoms with Crippen LogP contribution in [0.1, 0.15) is 66.1 Å². The fraction of sp³-hybridized carbons (Fsp3) is 0.500. The van der Waals surface area contributed by atoms with Gasteiger partial charge in [0, 0.05) is 24.8 Å². The van der Waals surface area contributed by atoms with Gasteiger partial charge in [0.2, 0.25) is 0 Å². The summed E-state index contributed by atoms with van der Waals surface area (Å²) in [5.41, 5.74) is -3.49. The van der Waals surface area contributed by atoms with E-state index in [9.17, 15) is 39.5 Å². The van der Waals surface area contributed by atoms with Gasteiger partial charge in [0.05, 0.1) is 29.8 Å². The highest BCUT2D eigenvalue weighted by atomic mass is 19.4. The van der Waals surface area contributed by atoms with Gasteiger partial charge in [0.15, 0.2) is 0 Å². The largest absolute Gasteiger partial charge is 0.416 e. The Hall–Kier alpha value is -3.52. The highest BCUT2D eigenvalue weighted by Crippen LogP contribution is 2.44. The van der Waals surface area contributed by atoms with E-state index in [1.807, 2.05) is 13.8 Å². The van der Waals surface area contributed by atoms with E-state index < -0.39 is 47.8 Å². The molecule has 2 aromatic carbocycles. The first-order valence-corrected chi connectivity index (χ1v) is 12.6. The molecule has 1 aromatic heterocycles. The van der Waals surface area contributed by atoms with E-state index >= 15 is 0 Å². The molecule has 1 aliphatic rings. The lowest BCUT2D eigenvalue weighted by Crippen LogP contribution is -2.33. The SMILES string of the molecule is Cc1cc2c(cc1C(F)(F)F)N(C(C)C)CCCC2N(Cc1cc(C(F)(F)F)cc(C(F)(F)F)c1)c1nnn(C)n1. The minimum absolute atomic E-state index is 0.0396. The zero-order valence-electron chi connectivity index (χ0n) is 22.5. The van der Waals surface area contributed by atoms with Gasteiger partial charge in [-0.05, 0) is 79.8 Å². The maximum atomic E-state index is 13.9. The Bertz CT molecular complexity index is 1360. The third-order valence-electron chi connectivity index (χ3n) is 6.98. The Kier molecular flexibility index (Phi) is 7.95. The molecule has 0 radical (unpaired) electrons. The number of halogens is 9. The van der Waals surface area contributed by atoms with Crippen LogP contribution in [0.15, 0.2) is 30.3 Å². The van der Waals surface area contributed by atoms with Gasteiger partial charge in [0.1, 0.15) is 0 Å². The summed E-state index contributed by atoms with van der Waals surface area (Å²) in [4.78, 5) is 4.28. The van der Waals surface area contributed by atoms with Crippen molar-refractivity contribution in [1.82, 2.24) is 20.2 Å². The molecule has 0 aliphatic carbocycles. The second kappa shape index (κ2) is 10.7. The molecule has 1 atom stereocenters. The fourth-order valence-electron chi connectivity index (χ4n) is 5.15. The molecule has 0 saturated carbocycles. The Morgan fingerprint density at radius 3 is 2.00 bits per heavy atom. The molecule has 0 amide bonds. The number of alkyl halides is 9. The second-order valence-corrected chi connectivity index (χ2v) is 10.3. The molecule has 41 heavy (non-hydrogen) atoms. The number of anilines is 2. The molecule has 0 spiro atoms. The standard InChI is InChI=1S/C26H27F9N6/c1-14(2)40-7-5-6-21(19-8-15(3)20(12-22(19)40)26(33,34)35)41(23-36-38-39(4)37-23)13-16-9-17(24(27,28)29)11-18(10-16)25(30,31)32/h8-12,14,21H,5-7,13H2,1-4H3. The minimum Gasteiger partial charge on any atom is -0.369 e. The highest BCUT2D eigenvalue weighted by molar-refractivity contribution is 5.62.